The number of carbonyl (C=O) groups excluding carboxylic acids is 1. The third-order valence-electron chi connectivity index (χ3n) is 4.23. The number of amides is 1. The van der Waals surface area contributed by atoms with Gasteiger partial charge < -0.3 is 15.6 Å². The largest absolute Gasteiger partial charge is 0.344 e. The first-order valence-electron chi connectivity index (χ1n) is 7.23. The summed E-state index contributed by atoms with van der Waals surface area (Å²) in [5, 5.41) is 0. The quantitative estimate of drug-likeness (QED) is 0.887. The molecule has 0 saturated carbocycles. The summed E-state index contributed by atoms with van der Waals surface area (Å²) in [6.07, 6.45) is 3.31. The lowest BCUT2D eigenvalue weighted by atomic mass is 9.91. The highest BCUT2D eigenvalue weighted by molar-refractivity contribution is 6.05. The molecule has 0 bridgehead atoms. The van der Waals surface area contributed by atoms with Gasteiger partial charge >= 0.3 is 0 Å². The molecule has 1 amide bonds. The van der Waals surface area contributed by atoms with Gasteiger partial charge in [-0.05, 0) is 30.9 Å². The SMILES string of the molecule is CC1CCN(C(=O)c2cc(F)cc3[nH]cnc23)C(CN)C1. The molecule has 3 N–H and O–H groups in total. The lowest BCUT2D eigenvalue weighted by Gasteiger charge is -2.38. The van der Waals surface area contributed by atoms with Crippen molar-refractivity contribution in [1.29, 1.82) is 0 Å². The fraction of sp³-hybridized carbons (Fsp3) is 0.467. The average Bonchev–Trinajstić information content (AvgIpc) is 2.93. The van der Waals surface area contributed by atoms with Crippen molar-refractivity contribution in [3.63, 3.8) is 0 Å². The third-order valence-corrected chi connectivity index (χ3v) is 4.23. The van der Waals surface area contributed by atoms with Crippen LogP contribution in [0.2, 0.25) is 0 Å². The summed E-state index contributed by atoms with van der Waals surface area (Å²) in [4.78, 5) is 21.5. The molecule has 0 radical (unpaired) electrons. The Kier molecular flexibility index (Phi) is 3.63. The number of H-pyrrole nitrogens is 1. The maximum Gasteiger partial charge on any atom is 0.256 e. The van der Waals surface area contributed by atoms with E-state index in [-0.39, 0.29) is 11.9 Å². The summed E-state index contributed by atoms with van der Waals surface area (Å²) in [6.45, 7) is 3.25. The lowest BCUT2D eigenvalue weighted by molar-refractivity contribution is 0.0575. The predicted octanol–water partition coefficient (Wildman–Crippen LogP) is 1.90. The van der Waals surface area contributed by atoms with Crippen LogP contribution in [0.1, 0.15) is 30.1 Å². The van der Waals surface area contributed by atoms with Crippen molar-refractivity contribution in [3.05, 3.63) is 29.8 Å². The molecule has 112 valence electrons. The van der Waals surface area contributed by atoms with Crippen LogP contribution in [0.4, 0.5) is 4.39 Å². The van der Waals surface area contributed by atoms with Gasteiger partial charge in [0.15, 0.2) is 0 Å². The van der Waals surface area contributed by atoms with Crippen LogP contribution in [0.15, 0.2) is 18.5 Å². The van der Waals surface area contributed by atoms with E-state index < -0.39 is 5.82 Å². The van der Waals surface area contributed by atoms with E-state index in [1.807, 2.05) is 0 Å². The molecule has 21 heavy (non-hydrogen) atoms. The average molecular weight is 290 g/mol. The zero-order chi connectivity index (χ0) is 15.0. The Morgan fingerprint density at radius 1 is 1.57 bits per heavy atom. The second-order valence-corrected chi connectivity index (χ2v) is 5.77. The van der Waals surface area contributed by atoms with E-state index in [2.05, 4.69) is 16.9 Å². The van der Waals surface area contributed by atoms with Crippen LogP contribution < -0.4 is 5.73 Å². The molecule has 1 fully saturated rings. The highest BCUT2D eigenvalue weighted by Gasteiger charge is 2.30. The summed E-state index contributed by atoms with van der Waals surface area (Å²) >= 11 is 0. The highest BCUT2D eigenvalue weighted by atomic mass is 19.1. The number of nitrogens with two attached hydrogens (primary N) is 1. The second-order valence-electron chi connectivity index (χ2n) is 5.77. The number of piperidine rings is 1. The molecule has 6 heteroatoms. The number of imidazole rings is 1. The number of rotatable bonds is 2. The number of carbonyl (C=O) groups is 1. The minimum Gasteiger partial charge on any atom is -0.344 e. The molecule has 1 aromatic heterocycles. The van der Waals surface area contributed by atoms with E-state index in [4.69, 9.17) is 5.73 Å². The summed E-state index contributed by atoms with van der Waals surface area (Å²) in [5.41, 5.74) is 7.15. The fourth-order valence-electron chi connectivity index (χ4n) is 3.07. The van der Waals surface area contributed by atoms with Crippen molar-refractivity contribution in [2.24, 2.45) is 11.7 Å². The van der Waals surface area contributed by atoms with E-state index in [9.17, 15) is 9.18 Å². The highest BCUT2D eigenvalue weighted by Crippen LogP contribution is 2.26. The number of aromatic amines is 1. The lowest BCUT2D eigenvalue weighted by Crippen LogP contribution is -2.49. The first-order chi connectivity index (χ1) is 10.1. The number of halogens is 1. The van der Waals surface area contributed by atoms with E-state index in [1.165, 1.54) is 18.5 Å². The molecule has 0 spiro atoms. The molecule has 2 unspecified atom stereocenters. The third kappa shape index (κ3) is 2.51. The van der Waals surface area contributed by atoms with Gasteiger partial charge in [-0.2, -0.15) is 0 Å². The molecule has 3 rings (SSSR count). The summed E-state index contributed by atoms with van der Waals surface area (Å²) < 4.78 is 13.7. The minimum absolute atomic E-state index is 0.0125. The van der Waals surface area contributed by atoms with Gasteiger partial charge in [-0.25, -0.2) is 9.37 Å². The maximum absolute atomic E-state index is 13.7. The number of likely N-dealkylation sites (tertiary alicyclic amines) is 1. The van der Waals surface area contributed by atoms with Gasteiger partial charge in [0.1, 0.15) is 11.3 Å². The van der Waals surface area contributed by atoms with E-state index in [0.29, 0.717) is 35.6 Å². The number of hydrogen-bond acceptors (Lipinski definition) is 3. The summed E-state index contributed by atoms with van der Waals surface area (Å²) in [7, 11) is 0. The Hall–Kier alpha value is -1.95. The number of fused-ring (bicyclic) bond motifs is 1. The van der Waals surface area contributed by atoms with Crippen molar-refractivity contribution < 1.29 is 9.18 Å². The standard InChI is InChI=1S/C15H19FN4O/c1-9-2-3-20(11(4-9)7-17)15(21)12-5-10(16)6-13-14(12)19-8-18-13/h5-6,8-9,11H,2-4,7,17H2,1H3,(H,18,19). The molecule has 5 nitrogen and oxygen atoms in total. The molecular formula is C15H19FN4O. The molecule has 1 aliphatic heterocycles. The van der Waals surface area contributed by atoms with Crippen LogP contribution in [0, 0.1) is 11.7 Å². The van der Waals surface area contributed by atoms with Crippen LogP contribution in [0.3, 0.4) is 0 Å². The second kappa shape index (κ2) is 5.44. The molecule has 1 saturated heterocycles. The topological polar surface area (TPSA) is 75.0 Å². The monoisotopic (exact) mass is 290 g/mol. The van der Waals surface area contributed by atoms with Crippen molar-refractivity contribution in [3.8, 4) is 0 Å². The Balaban J connectivity index is 1.98. The molecule has 2 heterocycles. The van der Waals surface area contributed by atoms with Crippen LogP contribution in [-0.2, 0) is 0 Å². The number of aromatic nitrogens is 2. The van der Waals surface area contributed by atoms with E-state index in [0.717, 1.165) is 12.8 Å². The van der Waals surface area contributed by atoms with Gasteiger partial charge in [0, 0.05) is 19.1 Å². The van der Waals surface area contributed by atoms with Crippen LogP contribution >= 0.6 is 0 Å². The van der Waals surface area contributed by atoms with Gasteiger partial charge in [-0.3, -0.25) is 4.79 Å². The number of hydrogen-bond donors (Lipinski definition) is 2. The smallest absolute Gasteiger partial charge is 0.256 e. The van der Waals surface area contributed by atoms with Crippen molar-refractivity contribution in [2.45, 2.75) is 25.8 Å². The van der Waals surface area contributed by atoms with Crippen LogP contribution in [0.25, 0.3) is 11.0 Å². The van der Waals surface area contributed by atoms with Crippen molar-refractivity contribution >= 4 is 16.9 Å². The van der Waals surface area contributed by atoms with Crippen LogP contribution in [0.5, 0.6) is 0 Å². The number of nitrogens with one attached hydrogen (secondary N) is 1. The molecule has 1 aliphatic rings. The van der Waals surface area contributed by atoms with Gasteiger partial charge in [-0.15, -0.1) is 0 Å². The van der Waals surface area contributed by atoms with Crippen molar-refractivity contribution in [1.82, 2.24) is 14.9 Å². The summed E-state index contributed by atoms with van der Waals surface area (Å²) in [6, 6.07) is 2.62. The van der Waals surface area contributed by atoms with Gasteiger partial charge in [0.05, 0.1) is 17.4 Å². The first-order valence-corrected chi connectivity index (χ1v) is 7.23. The Labute approximate surface area is 122 Å². The zero-order valence-corrected chi connectivity index (χ0v) is 12.0. The minimum atomic E-state index is -0.440. The zero-order valence-electron chi connectivity index (χ0n) is 12.0. The van der Waals surface area contributed by atoms with Gasteiger partial charge in [-0.1, -0.05) is 6.92 Å². The van der Waals surface area contributed by atoms with Gasteiger partial charge in [0.2, 0.25) is 0 Å². The number of nitrogens with zero attached hydrogens (tertiary/aromatic N) is 2. The van der Waals surface area contributed by atoms with E-state index in [1.54, 1.807) is 4.90 Å². The fourth-order valence-corrected chi connectivity index (χ4v) is 3.07. The Bertz CT molecular complexity index is 669. The predicted molar refractivity (Wildman–Crippen MR) is 78.3 cm³/mol. The normalized spacial score (nSPS) is 22.7. The molecular weight excluding hydrogens is 271 g/mol. The molecule has 1 aromatic carbocycles. The first kappa shape index (κ1) is 14.0. The van der Waals surface area contributed by atoms with Gasteiger partial charge in [0.25, 0.3) is 5.91 Å². The summed E-state index contributed by atoms with van der Waals surface area (Å²) in [5.74, 6) is -0.0702. The molecule has 0 aliphatic carbocycles. The maximum atomic E-state index is 13.7. The Morgan fingerprint density at radius 2 is 2.38 bits per heavy atom. The number of benzene rings is 1. The molecule has 2 aromatic rings. The Morgan fingerprint density at radius 3 is 3.14 bits per heavy atom. The molecule has 2 atom stereocenters. The van der Waals surface area contributed by atoms with Crippen molar-refractivity contribution in [2.75, 3.05) is 13.1 Å². The van der Waals surface area contributed by atoms with Crippen LogP contribution in [-0.4, -0.2) is 39.9 Å². The van der Waals surface area contributed by atoms with E-state index >= 15 is 0 Å².